The molecule has 1 aliphatic rings. The third-order valence-corrected chi connectivity index (χ3v) is 6.58. The second-order valence-electron chi connectivity index (χ2n) is 6.44. The van der Waals surface area contributed by atoms with Gasteiger partial charge in [-0.1, -0.05) is 41.9 Å². The predicted molar refractivity (Wildman–Crippen MR) is 112 cm³/mol. The number of amides is 2. The highest BCUT2D eigenvalue weighted by atomic mass is 35.5. The van der Waals surface area contributed by atoms with E-state index in [1.165, 1.54) is 24.1 Å². The highest BCUT2D eigenvalue weighted by Crippen LogP contribution is 2.38. The highest BCUT2D eigenvalue weighted by Gasteiger charge is 2.42. The van der Waals surface area contributed by atoms with Crippen LogP contribution in [-0.4, -0.2) is 21.6 Å². The van der Waals surface area contributed by atoms with E-state index in [4.69, 9.17) is 16.3 Å². The fourth-order valence-corrected chi connectivity index (χ4v) is 5.07. The molecule has 1 aliphatic heterocycles. The maximum Gasteiger partial charge on any atom is 0.343 e. The molecule has 148 valence electrons. The molecule has 0 aromatic heterocycles. The number of para-hydroxylation sites is 1. The van der Waals surface area contributed by atoms with Crippen molar-refractivity contribution in [1.29, 1.82) is 0 Å². The third kappa shape index (κ3) is 3.43. The number of carbonyl (C=O) groups is 1. The van der Waals surface area contributed by atoms with Crippen LogP contribution in [0.25, 0.3) is 0 Å². The fourth-order valence-electron chi connectivity index (χ4n) is 3.27. The molecule has 0 aliphatic carbocycles. The van der Waals surface area contributed by atoms with Crippen LogP contribution in [0.4, 0.5) is 16.2 Å². The predicted octanol–water partition coefficient (Wildman–Crippen LogP) is 4.68. The molecule has 0 radical (unpaired) electrons. The van der Waals surface area contributed by atoms with Crippen LogP contribution >= 0.6 is 11.6 Å². The van der Waals surface area contributed by atoms with E-state index in [1.807, 2.05) is 6.07 Å². The van der Waals surface area contributed by atoms with Gasteiger partial charge in [0.05, 0.1) is 25.0 Å². The molecular weight excluding hydrogens is 412 g/mol. The minimum absolute atomic E-state index is 0.0597. The zero-order valence-corrected chi connectivity index (χ0v) is 17.0. The minimum atomic E-state index is -4.08. The topological polar surface area (TPSA) is 66.9 Å². The molecule has 2 amide bonds. The summed E-state index contributed by atoms with van der Waals surface area (Å²) < 4.78 is 32.6. The number of urea groups is 1. The van der Waals surface area contributed by atoms with Gasteiger partial charge in [0.15, 0.2) is 0 Å². The number of anilines is 2. The Morgan fingerprint density at radius 1 is 0.966 bits per heavy atom. The zero-order valence-electron chi connectivity index (χ0n) is 15.4. The summed E-state index contributed by atoms with van der Waals surface area (Å²) in [6.45, 7) is 0.173. The lowest BCUT2D eigenvalue weighted by molar-refractivity contribution is 0.253. The Hall–Kier alpha value is -3.03. The summed E-state index contributed by atoms with van der Waals surface area (Å²) in [5.74, 6) is 0.450. The van der Waals surface area contributed by atoms with Gasteiger partial charge in [0.25, 0.3) is 10.0 Å². The van der Waals surface area contributed by atoms with Gasteiger partial charge in [-0.25, -0.2) is 13.2 Å². The number of carbonyl (C=O) groups excluding carboxylic acids is 1. The van der Waals surface area contributed by atoms with Gasteiger partial charge in [-0.2, -0.15) is 4.31 Å². The summed E-state index contributed by atoms with van der Waals surface area (Å²) in [5.41, 5.74) is 1.32. The lowest BCUT2D eigenvalue weighted by atomic mass is 10.2. The normalized spacial score (nSPS) is 15.2. The van der Waals surface area contributed by atoms with Crippen LogP contribution in [0.2, 0.25) is 5.02 Å². The molecule has 0 N–H and O–H groups in total. The molecule has 0 atom stereocenters. The smallest absolute Gasteiger partial charge is 0.343 e. The second kappa shape index (κ2) is 7.42. The molecule has 29 heavy (non-hydrogen) atoms. The van der Waals surface area contributed by atoms with E-state index in [-0.39, 0.29) is 17.1 Å². The van der Waals surface area contributed by atoms with Gasteiger partial charge in [-0.05, 0) is 42.0 Å². The van der Waals surface area contributed by atoms with Crippen LogP contribution in [0.5, 0.6) is 5.75 Å². The number of fused-ring (bicyclic) bond motifs is 1. The summed E-state index contributed by atoms with van der Waals surface area (Å²) in [6.07, 6.45) is 0. The van der Waals surface area contributed by atoms with Crippen molar-refractivity contribution < 1.29 is 17.9 Å². The number of methoxy groups -OCH3 is 1. The summed E-state index contributed by atoms with van der Waals surface area (Å²) in [6, 6.07) is 19.3. The standard InChI is InChI=1S/C21H17ClN2O4S/c1-28-18-9-5-8-17(13-18)24-21(25)23(14-15-6-4-7-16(22)12-15)19-10-2-3-11-20(19)29(24,26)27/h2-13H,14H2,1H3. The first-order valence-corrected chi connectivity index (χ1v) is 10.6. The van der Waals surface area contributed by atoms with E-state index in [9.17, 15) is 13.2 Å². The molecule has 1 heterocycles. The maximum atomic E-state index is 13.4. The molecule has 0 fully saturated rings. The Bertz CT molecular complexity index is 1200. The van der Waals surface area contributed by atoms with Crippen molar-refractivity contribution in [2.24, 2.45) is 0 Å². The highest BCUT2D eigenvalue weighted by molar-refractivity contribution is 7.94. The molecule has 0 spiro atoms. The molecule has 0 saturated carbocycles. The van der Waals surface area contributed by atoms with Gasteiger partial charge in [0.2, 0.25) is 0 Å². The number of sulfonamides is 1. The summed E-state index contributed by atoms with van der Waals surface area (Å²) >= 11 is 6.08. The molecule has 0 unspecified atom stereocenters. The summed E-state index contributed by atoms with van der Waals surface area (Å²) in [5, 5.41) is 0.539. The van der Waals surface area contributed by atoms with Gasteiger partial charge < -0.3 is 4.74 Å². The van der Waals surface area contributed by atoms with Crippen LogP contribution in [0.3, 0.4) is 0 Å². The lowest BCUT2D eigenvalue weighted by Crippen LogP contribution is -2.50. The first-order valence-electron chi connectivity index (χ1n) is 8.76. The lowest BCUT2D eigenvalue weighted by Gasteiger charge is -2.36. The average Bonchev–Trinajstić information content (AvgIpc) is 2.71. The molecule has 0 saturated heterocycles. The van der Waals surface area contributed by atoms with E-state index in [0.717, 1.165) is 9.87 Å². The van der Waals surface area contributed by atoms with E-state index in [2.05, 4.69) is 0 Å². The van der Waals surface area contributed by atoms with E-state index < -0.39 is 16.1 Å². The van der Waals surface area contributed by atoms with Crippen molar-refractivity contribution in [2.45, 2.75) is 11.4 Å². The number of halogens is 1. The van der Waals surface area contributed by atoms with Crippen molar-refractivity contribution in [3.05, 3.63) is 83.4 Å². The van der Waals surface area contributed by atoms with Crippen molar-refractivity contribution in [3.63, 3.8) is 0 Å². The number of benzene rings is 3. The summed E-state index contributed by atoms with van der Waals surface area (Å²) in [7, 11) is -2.60. The van der Waals surface area contributed by atoms with Gasteiger partial charge in [-0.15, -0.1) is 0 Å². The Morgan fingerprint density at radius 3 is 2.48 bits per heavy atom. The van der Waals surface area contributed by atoms with Crippen LogP contribution in [0.15, 0.2) is 77.7 Å². The zero-order chi connectivity index (χ0) is 20.6. The molecule has 3 aromatic carbocycles. The first kappa shape index (κ1) is 19.3. The van der Waals surface area contributed by atoms with E-state index in [1.54, 1.807) is 54.6 Å². The van der Waals surface area contributed by atoms with Crippen LogP contribution in [0.1, 0.15) is 5.56 Å². The molecule has 8 heteroatoms. The molecule has 4 rings (SSSR count). The van der Waals surface area contributed by atoms with Gasteiger partial charge in [0, 0.05) is 11.1 Å². The van der Waals surface area contributed by atoms with E-state index >= 15 is 0 Å². The van der Waals surface area contributed by atoms with Crippen LogP contribution in [-0.2, 0) is 16.6 Å². The Balaban J connectivity index is 1.87. The van der Waals surface area contributed by atoms with E-state index in [0.29, 0.717) is 16.5 Å². The van der Waals surface area contributed by atoms with Crippen molar-refractivity contribution in [1.82, 2.24) is 0 Å². The number of hydrogen-bond acceptors (Lipinski definition) is 4. The summed E-state index contributed by atoms with van der Waals surface area (Å²) in [4.78, 5) is 14.9. The number of rotatable bonds is 4. The number of hydrogen-bond donors (Lipinski definition) is 0. The quantitative estimate of drug-likeness (QED) is 0.605. The van der Waals surface area contributed by atoms with Gasteiger partial charge in [0.1, 0.15) is 10.6 Å². The third-order valence-electron chi connectivity index (χ3n) is 4.60. The van der Waals surface area contributed by atoms with Gasteiger partial charge >= 0.3 is 6.03 Å². The largest absolute Gasteiger partial charge is 0.497 e. The van der Waals surface area contributed by atoms with Crippen LogP contribution in [0, 0.1) is 0 Å². The second-order valence-corrected chi connectivity index (χ2v) is 8.63. The fraction of sp³-hybridized carbons (Fsp3) is 0.0952. The Kier molecular flexibility index (Phi) is 4.94. The van der Waals surface area contributed by atoms with Crippen molar-refractivity contribution >= 4 is 39.0 Å². The SMILES string of the molecule is COc1cccc(N2C(=O)N(Cc3cccc(Cl)c3)c3ccccc3S2(=O)=O)c1. The molecular formula is C21H17ClN2O4S. The first-order chi connectivity index (χ1) is 13.9. The van der Waals surface area contributed by atoms with Crippen molar-refractivity contribution in [3.8, 4) is 5.75 Å². The maximum absolute atomic E-state index is 13.4. The number of nitrogens with zero attached hydrogens (tertiary/aromatic N) is 2. The molecule has 0 bridgehead atoms. The number of ether oxygens (including phenoxy) is 1. The van der Waals surface area contributed by atoms with Crippen LogP contribution < -0.4 is 13.9 Å². The Labute approximate surface area is 173 Å². The monoisotopic (exact) mass is 428 g/mol. The molecule has 3 aromatic rings. The van der Waals surface area contributed by atoms with Crippen molar-refractivity contribution in [2.75, 3.05) is 16.3 Å². The minimum Gasteiger partial charge on any atom is -0.497 e. The average molecular weight is 429 g/mol. The molecule has 6 nitrogen and oxygen atoms in total. The Morgan fingerprint density at radius 2 is 1.72 bits per heavy atom. The van der Waals surface area contributed by atoms with Gasteiger partial charge in [-0.3, -0.25) is 4.90 Å².